The van der Waals surface area contributed by atoms with Gasteiger partial charge in [0.1, 0.15) is 5.82 Å². The van der Waals surface area contributed by atoms with Gasteiger partial charge in [-0.15, -0.1) is 0 Å². The summed E-state index contributed by atoms with van der Waals surface area (Å²) in [5.74, 6) is 0.0360. The molecule has 100 valence electrons. The van der Waals surface area contributed by atoms with Gasteiger partial charge >= 0.3 is 0 Å². The van der Waals surface area contributed by atoms with Crippen LogP contribution in [0.5, 0.6) is 0 Å². The zero-order valence-electron chi connectivity index (χ0n) is 11.0. The molecule has 0 aliphatic rings. The molecule has 0 saturated carbocycles. The average Bonchev–Trinajstić information content (AvgIpc) is 2.31. The van der Waals surface area contributed by atoms with Crippen molar-refractivity contribution in [1.82, 2.24) is 9.97 Å². The molecule has 2 N–H and O–H groups in total. The minimum atomic E-state index is -0.533. The van der Waals surface area contributed by atoms with Crippen molar-refractivity contribution in [1.29, 1.82) is 0 Å². The molecule has 1 heterocycles. The van der Waals surface area contributed by atoms with Crippen LogP contribution in [0, 0.1) is 5.82 Å². The molecule has 0 atom stereocenters. The van der Waals surface area contributed by atoms with Crippen LogP contribution in [0.4, 0.5) is 10.2 Å². The molecule has 2 aromatic rings. The molecule has 5 heteroatoms. The maximum atomic E-state index is 14.0. The Kier molecular flexibility index (Phi) is 3.45. The Hall–Kier alpha value is -1.68. The van der Waals surface area contributed by atoms with E-state index >= 15 is 0 Å². The molecule has 0 aliphatic heterocycles. The smallest absolute Gasteiger partial charge is 0.164 e. The molecule has 0 aliphatic carbocycles. The molecular weight excluding hydrogens is 265 g/mol. The number of nitrogens with two attached hydrogens (primary N) is 1. The number of anilines is 1. The van der Waals surface area contributed by atoms with Gasteiger partial charge in [-0.05, 0) is 12.1 Å². The first-order chi connectivity index (χ1) is 8.79. The second-order valence-corrected chi connectivity index (χ2v) is 5.76. The van der Waals surface area contributed by atoms with Crippen molar-refractivity contribution in [3.63, 3.8) is 0 Å². The lowest BCUT2D eigenvalue weighted by Crippen LogP contribution is -2.15. The molecule has 0 spiro atoms. The van der Waals surface area contributed by atoms with E-state index in [1.165, 1.54) is 6.07 Å². The summed E-state index contributed by atoms with van der Waals surface area (Å²) in [4.78, 5) is 8.47. The van der Waals surface area contributed by atoms with Crippen LogP contribution in [-0.4, -0.2) is 9.97 Å². The van der Waals surface area contributed by atoms with Gasteiger partial charge in [0.05, 0.1) is 16.3 Å². The molecule has 0 amide bonds. The van der Waals surface area contributed by atoms with Gasteiger partial charge in [-0.3, -0.25) is 0 Å². The fourth-order valence-electron chi connectivity index (χ4n) is 1.65. The fourth-order valence-corrected chi connectivity index (χ4v) is 1.82. The third-order valence-corrected chi connectivity index (χ3v) is 3.00. The topological polar surface area (TPSA) is 51.8 Å². The van der Waals surface area contributed by atoms with Gasteiger partial charge in [0.2, 0.25) is 0 Å². The maximum absolute atomic E-state index is 14.0. The van der Waals surface area contributed by atoms with Gasteiger partial charge < -0.3 is 5.73 Å². The average molecular weight is 280 g/mol. The number of benzene rings is 1. The van der Waals surface area contributed by atoms with Crippen LogP contribution in [0.25, 0.3) is 11.4 Å². The Morgan fingerprint density at radius 2 is 1.89 bits per heavy atom. The van der Waals surface area contributed by atoms with E-state index in [-0.39, 0.29) is 21.8 Å². The Labute approximate surface area is 116 Å². The molecular formula is C14H15ClFN3. The number of aromatic nitrogens is 2. The molecule has 1 aromatic heterocycles. The molecule has 0 radical (unpaired) electrons. The summed E-state index contributed by atoms with van der Waals surface area (Å²) >= 11 is 5.77. The predicted octanol–water partition coefficient (Wildman–Crippen LogP) is 3.82. The number of hydrogen-bond donors (Lipinski definition) is 1. The van der Waals surface area contributed by atoms with Gasteiger partial charge in [-0.1, -0.05) is 38.4 Å². The molecule has 3 nitrogen and oxygen atoms in total. The lowest BCUT2D eigenvalue weighted by Gasteiger charge is -2.18. The predicted molar refractivity (Wildman–Crippen MR) is 75.5 cm³/mol. The molecule has 19 heavy (non-hydrogen) atoms. The van der Waals surface area contributed by atoms with Crippen molar-refractivity contribution in [2.75, 3.05) is 5.73 Å². The van der Waals surface area contributed by atoms with Crippen LogP contribution >= 0.6 is 11.6 Å². The highest BCUT2D eigenvalue weighted by atomic mass is 35.5. The van der Waals surface area contributed by atoms with E-state index in [4.69, 9.17) is 17.3 Å². The largest absolute Gasteiger partial charge is 0.384 e. The summed E-state index contributed by atoms with van der Waals surface area (Å²) in [5, 5.41) is 0.0424. The van der Waals surface area contributed by atoms with E-state index in [0.29, 0.717) is 5.82 Å². The molecule has 0 fully saturated rings. The standard InChI is InChI=1S/C14H15ClFN3/c1-14(2,3)10-7-11(17)19-13(18-10)8-5-4-6-9(15)12(8)16/h4-7H,1-3H3,(H2,17,18,19). The van der Waals surface area contributed by atoms with Gasteiger partial charge in [0.25, 0.3) is 0 Å². The summed E-state index contributed by atoms with van der Waals surface area (Å²) in [6.45, 7) is 6.02. The zero-order chi connectivity index (χ0) is 14.2. The lowest BCUT2D eigenvalue weighted by atomic mass is 9.92. The van der Waals surface area contributed by atoms with Crippen LogP contribution in [0.3, 0.4) is 0 Å². The van der Waals surface area contributed by atoms with Gasteiger partial charge in [0, 0.05) is 11.5 Å². The molecule has 0 saturated heterocycles. The van der Waals surface area contributed by atoms with Crippen molar-refractivity contribution < 1.29 is 4.39 Å². The Morgan fingerprint density at radius 1 is 1.21 bits per heavy atom. The van der Waals surface area contributed by atoms with Gasteiger partial charge in [-0.25, -0.2) is 14.4 Å². The van der Waals surface area contributed by atoms with Crippen LogP contribution in [0.1, 0.15) is 26.5 Å². The van der Waals surface area contributed by atoms with Crippen molar-refractivity contribution in [2.24, 2.45) is 0 Å². The highest BCUT2D eigenvalue weighted by Crippen LogP contribution is 2.28. The molecule has 0 bridgehead atoms. The van der Waals surface area contributed by atoms with Gasteiger partial charge in [0.15, 0.2) is 11.6 Å². The Balaban J connectivity index is 2.63. The van der Waals surface area contributed by atoms with E-state index in [1.54, 1.807) is 18.2 Å². The normalized spacial score (nSPS) is 11.6. The Bertz CT molecular complexity index is 621. The fraction of sp³-hybridized carbons (Fsp3) is 0.286. The summed E-state index contributed by atoms with van der Waals surface area (Å²) in [6, 6.07) is 6.43. The SMILES string of the molecule is CC(C)(C)c1cc(N)nc(-c2cccc(Cl)c2F)n1. The summed E-state index contributed by atoms with van der Waals surface area (Å²) in [6.07, 6.45) is 0. The van der Waals surface area contributed by atoms with Crippen LogP contribution < -0.4 is 5.73 Å². The van der Waals surface area contributed by atoms with Crippen LogP contribution in [0.2, 0.25) is 5.02 Å². The summed E-state index contributed by atoms with van der Waals surface area (Å²) in [5.41, 5.74) is 6.60. The molecule has 2 rings (SSSR count). The first kappa shape index (κ1) is 13.7. The van der Waals surface area contributed by atoms with Gasteiger partial charge in [-0.2, -0.15) is 0 Å². The van der Waals surface area contributed by atoms with Crippen LogP contribution in [-0.2, 0) is 5.41 Å². The lowest BCUT2D eigenvalue weighted by molar-refractivity contribution is 0.567. The van der Waals surface area contributed by atoms with E-state index in [2.05, 4.69) is 9.97 Å². The summed E-state index contributed by atoms with van der Waals surface area (Å²) in [7, 11) is 0. The van der Waals surface area contributed by atoms with Crippen molar-refractivity contribution in [2.45, 2.75) is 26.2 Å². The van der Waals surface area contributed by atoms with E-state index < -0.39 is 5.82 Å². The second kappa shape index (κ2) is 4.78. The highest BCUT2D eigenvalue weighted by molar-refractivity contribution is 6.31. The summed E-state index contributed by atoms with van der Waals surface area (Å²) < 4.78 is 14.0. The van der Waals surface area contributed by atoms with Crippen LogP contribution in [0.15, 0.2) is 24.3 Å². The number of rotatable bonds is 1. The van der Waals surface area contributed by atoms with Crippen molar-refractivity contribution >= 4 is 17.4 Å². The number of nitrogen functional groups attached to an aromatic ring is 1. The first-order valence-electron chi connectivity index (χ1n) is 5.88. The molecule has 1 aromatic carbocycles. The number of hydrogen-bond acceptors (Lipinski definition) is 3. The third kappa shape index (κ3) is 2.84. The quantitative estimate of drug-likeness (QED) is 0.863. The Morgan fingerprint density at radius 3 is 2.53 bits per heavy atom. The van der Waals surface area contributed by atoms with E-state index in [9.17, 15) is 4.39 Å². The first-order valence-corrected chi connectivity index (χ1v) is 6.26. The minimum absolute atomic E-state index is 0.0424. The minimum Gasteiger partial charge on any atom is -0.384 e. The maximum Gasteiger partial charge on any atom is 0.164 e. The second-order valence-electron chi connectivity index (χ2n) is 5.35. The monoisotopic (exact) mass is 279 g/mol. The molecule has 0 unspecified atom stereocenters. The van der Waals surface area contributed by atoms with E-state index in [0.717, 1.165) is 5.69 Å². The van der Waals surface area contributed by atoms with E-state index in [1.807, 2.05) is 20.8 Å². The number of halogens is 2. The zero-order valence-corrected chi connectivity index (χ0v) is 11.8. The van der Waals surface area contributed by atoms with Crippen molar-refractivity contribution in [3.8, 4) is 11.4 Å². The highest BCUT2D eigenvalue weighted by Gasteiger charge is 2.19. The van der Waals surface area contributed by atoms with Crippen molar-refractivity contribution in [3.05, 3.63) is 40.8 Å². The third-order valence-electron chi connectivity index (χ3n) is 2.71. The number of nitrogens with zero attached hydrogens (tertiary/aromatic N) is 2.